The van der Waals surface area contributed by atoms with Crippen LogP contribution in [-0.2, 0) is 6.42 Å². The molecule has 0 saturated carbocycles. The van der Waals surface area contributed by atoms with Crippen molar-refractivity contribution in [2.24, 2.45) is 0 Å². The molecule has 1 aliphatic rings. The van der Waals surface area contributed by atoms with Gasteiger partial charge in [-0.3, -0.25) is 0 Å². The summed E-state index contributed by atoms with van der Waals surface area (Å²) in [6, 6.07) is 2.78. The molecule has 3 heteroatoms. The largest absolute Gasteiger partial charge is 0.393 e. The van der Waals surface area contributed by atoms with Gasteiger partial charge < -0.3 is 10.4 Å². The highest BCUT2D eigenvalue weighted by Gasteiger charge is 2.20. The summed E-state index contributed by atoms with van der Waals surface area (Å²) in [5.41, 5.74) is 1.50. The van der Waals surface area contributed by atoms with Gasteiger partial charge in [-0.25, -0.2) is 0 Å². The highest BCUT2D eigenvalue weighted by atomic mass is 32.1. The molecule has 1 heterocycles. The van der Waals surface area contributed by atoms with Crippen LogP contribution in [0, 0.1) is 0 Å². The van der Waals surface area contributed by atoms with Crippen LogP contribution in [0.25, 0.3) is 0 Å². The van der Waals surface area contributed by atoms with E-state index in [1.54, 1.807) is 4.88 Å². The first-order valence-corrected chi connectivity index (χ1v) is 6.63. The van der Waals surface area contributed by atoms with Crippen molar-refractivity contribution in [3.05, 3.63) is 21.9 Å². The van der Waals surface area contributed by atoms with E-state index in [9.17, 15) is 5.11 Å². The quantitative estimate of drug-likeness (QED) is 0.825. The lowest BCUT2D eigenvalue weighted by atomic mass is 9.94. The molecule has 0 aromatic carbocycles. The van der Waals surface area contributed by atoms with Crippen LogP contribution in [0.3, 0.4) is 0 Å². The van der Waals surface area contributed by atoms with Crippen molar-refractivity contribution in [2.75, 3.05) is 6.54 Å². The van der Waals surface area contributed by atoms with E-state index in [-0.39, 0.29) is 6.10 Å². The minimum absolute atomic E-state index is 0.192. The van der Waals surface area contributed by atoms with Crippen LogP contribution in [0.4, 0.5) is 0 Å². The number of hydrogen-bond donors (Lipinski definition) is 2. The van der Waals surface area contributed by atoms with Gasteiger partial charge >= 0.3 is 0 Å². The summed E-state index contributed by atoms with van der Waals surface area (Å²) in [5, 5.41) is 14.9. The average molecular weight is 225 g/mol. The first kappa shape index (κ1) is 11.1. The maximum atomic E-state index is 9.20. The zero-order valence-electron chi connectivity index (χ0n) is 9.20. The summed E-state index contributed by atoms with van der Waals surface area (Å²) < 4.78 is 0. The van der Waals surface area contributed by atoms with Gasteiger partial charge in [0, 0.05) is 10.9 Å². The van der Waals surface area contributed by atoms with Gasteiger partial charge in [-0.2, -0.15) is 0 Å². The number of nitrogens with one attached hydrogen (secondary N) is 1. The molecule has 2 unspecified atom stereocenters. The summed E-state index contributed by atoms with van der Waals surface area (Å²) >= 11 is 1.88. The third-order valence-electron chi connectivity index (χ3n) is 3.00. The van der Waals surface area contributed by atoms with Gasteiger partial charge in [0.25, 0.3) is 0 Å². The second kappa shape index (κ2) is 5.10. The Morgan fingerprint density at radius 2 is 2.53 bits per heavy atom. The van der Waals surface area contributed by atoms with Crippen molar-refractivity contribution < 1.29 is 5.11 Å². The van der Waals surface area contributed by atoms with Crippen LogP contribution in [0.2, 0.25) is 0 Å². The molecule has 0 radical (unpaired) electrons. The summed E-state index contributed by atoms with van der Waals surface area (Å²) in [6.07, 6.45) is 4.43. The molecule has 2 N–H and O–H groups in total. The number of fused-ring (bicyclic) bond motifs is 1. The molecule has 0 fully saturated rings. The fourth-order valence-corrected chi connectivity index (χ4v) is 3.15. The lowest BCUT2D eigenvalue weighted by molar-refractivity contribution is 0.181. The van der Waals surface area contributed by atoms with Gasteiger partial charge in [-0.05, 0) is 56.2 Å². The number of aryl methyl sites for hydroxylation is 1. The fraction of sp³-hybridized carbons (Fsp3) is 0.667. The molecular formula is C12H19NOS. The highest BCUT2D eigenvalue weighted by Crippen LogP contribution is 2.33. The summed E-state index contributed by atoms with van der Waals surface area (Å²) in [4.78, 5) is 1.55. The molecule has 0 spiro atoms. The van der Waals surface area contributed by atoms with Gasteiger partial charge in [0.15, 0.2) is 0 Å². The van der Waals surface area contributed by atoms with E-state index in [1.807, 2.05) is 18.3 Å². The molecular weight excluding hydrogens is 206 g/mol. The van der Waals surface area contributed by atoms with Crippen molar-refractivity contribution in [3.8, 4) is 0 Å². The first-order chi connectivity index (χ1) is 7.27. The highest BCUT2D eigenvalue weighted by molar-refractivity contribution is 7.10. The second-order valence-corrected chi connectivity index (χ2v) is 5.34. The lowest BCUT2D eigenvalue weighted by Gasteiger charge is -2.24. The Kier molecular flexibility index (Phi) is 3.78. The standard InChI is InChI=1S/C12H19NOS/c1-9(14)5-7-13-11-3-2-4-12-10(11)6-8-15-12/h6,8-9,11,13-14H,2-5,7H2,1H3. The predicted octanol–water partition coefficient (Wildman–Crippen LogP) is 2.49. The molecule has 15 heavy (non-hydrogen) atoms. The Morgan fingerprint density at radius 1 is 1.67 bits per heavy atom. The normalized spacial score (nSPS) is 22.4. The van der Waals surface area contributed by atoms with E-state index in [0.29, 0.717) is 6.04 Å². The molecule has 0 saturated heterocycles. The molecule has 1 aromatic heterocycles. The molecule has 0 bridgehead atoms. The van der Waals surface area contributed by atoms with Crippen molar-refractivity contribution in [3.63, 3.8) is 0 Å². The summed E-state index contributed by atoms with van der Waals surface area (Å²) in [6.45, 7) is 2.76. The Bertz CT molecular complexity index is 308. The SMILES string of the molecule is CC(O)CCNC1CCCc2sccc21. The molecule has 84 valence electrons. The molecule has 2 rings (SSSR count). The fourth-order valence-electron chi connectivity index (χ4n) is 2.16. The van der Waals surface area contributed by atoms with Gasteiger partial charge in [0.2, 0.25) is 0 Å². The van der Waals surface area contributed by atoms with Crippen molar-refractivity contribution in [1.82, 2.24) is 5.32 Å². The van der Waals surface area contributed by atoms with E-state index in [0.717, 1.165) is 13.0 Å². The summed E-state index contributed by atoms with van der Waals surface area (Å²) in [5.74, 6) is 0. The van der Waals surface area contributed by atoms with Crippen LogP contribution in [-0.4, -0.2) is 17.8 Å². The minimum Gasteiger partial charge on any atom is -0.393 e. The average Bonchev–Trinajstić information content (AvgIpc) is 2.65. The summed E-state index contributed by atoms with van der Waals surface area (Å²) in [7, 11) is 0. The molecule has 1 aliphatic carbocycles. The first-order valence-electron chi connectivity index (χ1n) is 5.75. The third kappa shape index (κ3) is 2.80. The number of hydrogen-bond acceptors (Lipinski definition) is 3. The monoisotopic (exact) mass is 225 g/mol. The van der Waals surface area contributed by atoms with Crippen LogP contribution in [0.1, 0.15) is 42.7 Å². The third-order valence-corrected chi connectivity index (χ3v) is 4.00. The molecule has 0 aliphatic heterocycles. The van der Waals surface area contributed by atoms with E-state index in [4.69, 9.17) is 0 Å². The molecule has 1 aromatic rings. The zero-order chi connectivity index (χ0) is 10.7. The van der Waals surface area contributed by atoms with Crippen molar-refractivity contribution in [2.45, 2.75) is 44.8 Å². The van der Waals surface area contributed by atoms with Crippen LogP contribution < -0.4 is 5.32 Å². The van der Waals surface area contributed by atoms with Crippen molar-refractivity contribution >= 4 is 11.3 Å². The number of thiophene rings is 1. The minimum atomic E-state index is -0.192. The van der Waals surface area contributed by atoms with Gasteiger partial charge in [-0.1, -0.05) is 0 Å². The molecule has 2 nitrogen and oxygen atoms in total. The maximum Gasteiger partial charge on any atom is 0.0524 e. The van der Waals surface area contributed by atoms with E-state index in [2.05, 4.69) is 16.8 Å². The molecule has 0 amide bonds. The van der Waals surface area contributed by atoms with Crippen LogP contribution in [0.15, 0.2) is 11.4 Å². The number of rotatable bonds is 4. The van der Waals surface area contributed by atoms with E-state index in [1.165, 1.54) is 24.8 Å². The predicted molar refractivity (Wildman–Crippen MR) is 64.3 cm³/mol. The van der Waals surface area contributed by atoms with Crippen LogP contribution in [0.5, 0.6) is 0 Å². The number of aliphatic hydroxyl groups excluding tert-OH is 1. The van der Waals surface area contributed by atoms with Crippen LogP contribution >= 0.6 is 11.3 Å². The van der Waals surface area contributed by atoms with E-state index >= 15 is 0 Å². The van der Waals surface area contributed by atoms with Gasteiger partial charge in [-0.15, -0.1) is 11.3 Å². The van der Waals surface area contributed by atoms with Crippen molar-refractivity contribution in [1.29, 1.82) is 0 Å². The van der Waals surface area contributed by atoms with E-state index < -0.39 is 0 Å². The lowest BCUT2D eigenvalue weighted by Crippen LogP contribution is -2.26. The van der Waals surface area contributed by atoms with Gasteiger partial charge in [0.1, 0.15) is 0 Å². The Hall–Kier alpha value is -0.380. The Morgan fingerprint density at radius 3 is 3.33 bits per heavy atom. The number of aliphatic hydroxyl groups is 1. The smallest absolute Gasteiger partial charge is 0.0524 e. The maximum absolute atomic E-state index is 9.20. The zero-order valence-corrected chi connectivity index (χ0v) is 10.0. The van der Waals surface area contributed by atoms with Gasteiger partial charge in [0.05, 0.1) is 6.10 Å². The Balaban J connectivity index is 1.89. The topological polar surface area (TPSA) is 32.3 Å². The second-order valence-electron chi connectivity index (χ2n) is 4.34. The Labute approximate surface area is 95.3 Å². The molecule has 2 atom stereocenters.